The van der Waals surface area contributed by atoms with Crippen LogP contribution in [0, 0.1) is 34.5 Å². The van der Waals surface area contributed by atoms with Crippen LogP contribution >= 0.6 is 0 Å². The number of epoxide rings is 1. The third kappa shape index (κ3) is 3.48. The van der Waals surface area contributed by atoms with Crippen LogP contribution in [0.2, 0.25) is 0 Å². The zero-order valence-electron chi connectivity index (χ0n) is 20.7. The molecule has 8 unspecified atom stereocenters. The molecule has 32 heavy (non-hydrogen) atoms. The predicted molar refractivity (Wildman–Crippen MR) is 126 cm³/mol. The summed E-state index contributed by atoms with van der Waals surface area (Å²) in [6, 6.07) is 0. The Kier molecular flexibility index (Phi) is 6.12. The second kappa shape index (κ2) is 8.20. The number of ketones is 1. The minimum atomic E-state index is -0.554. The molecule has 0 radical (unpaired) electrons. The molecule has 1 heterocycles. The number of ether oxygens (including phenoxy) is 1. The Hall–Kier alpha value is -1.26. The first-order valence-corrected chi connectivity index (χ1v) is 12.7. The molecule has 4 nitrogen and oxygen atoms in total. The zero-order chi connectivity index (χ0) is 23.5. The van der Waals surface area contributed by atoms with Gasteiger partial charge in [0.2, 0.25) is 0 Å². The van der Waals surface area contributed by atoms with Gasteiger partial charge in [0.15, 0.2) is 5.78 Å². The van der Waals surface area contributed by atoms with E-state index < -0.39 is 11.0 Å². The van der Waals surface area contributed by atoms with Crippen molar-refractivity contribution in [3.05, 3.63) is 23.8 Å². The molecule has 0 bridgehead atoms. The van der Waals surface area contributed by atoms with Crippen molar-refractivity contribution in [2.24, 2.45) is 34.5 Å². The largest absolute Gasteiger partial charge is 0.393 e. The van der Waals surface area contributed by atoms with E-state index in [1.165, 1.54) is 5.57 Å². The average Bonchev–Trinajstić information content (AvgIpc) is 3.33. The summed E-state index contributed by atoms with van der Waals surface area (Å²) >= 11 is 0. The van der Waals surface area contributed by atoms with Crippen LogP contribution < -0.4 is 0 Å². The second-order valence-electron chi connectivity index (χ2n) is 12.0. The number of rotatable bonds is 8. The van der Waals surface area contributed by atoms with Crippen molar-refractivity contribution in [1.29, 1.82) is 0 Å². The van der Waals surface area contributed by atoms with Crippen LogP contribution in [0.5, 0.6) is 0 Å². The van der Waals surface area contributed by atoms with E-state index in [-0.39, 0.29) is 29.3 Å². The molecule has 0 aromatic carbocycles. The molecule has 178 valence electrons. The summed E-state index contributed by atoms with van der Waals surface area (Å²) in [4.78, 5) is 25.8. The standard InChI is InChI=1S/C28H42O4/c1-17(2)18(3)7-8-19(4)22-9-10-23(26(22,5)13-14-29)21-15-24-28(32-24)16-20(30)11-12-27(28,6)25(21)31/h14-15,17,19-20,22-24,30H,3,7-13,16H2,1-2,4-6H3. The topological polar surface area (TPSA) is 66.9 Å². The molecule has 1 spiro atoms. The lowest BCUT2D eigenvalue weighted by Gasteiger charge is -2.46. The lowest BCUT2D eigenvalue weighted by molar-refractivity contribution is -0.134. The zero-order valence-corrected chi connectivity index (χ0v) is 20.7. The molecular formula is C28H42O4. The van der Waals surface area contributed by atoms with Gasteiger partial charge in [0.05, 0.1) is 11.5 Å². The van der Waals surface area contributed by atoms with Gasteiger partial charge in [-0.05, 0) is 86.2 Å². The van der Waals surface area contributed by atoms with Crippen molar-refractivity contribution in [2.75, 3.05) is 0 Å². The molecule has 4 heteroatoms. The van der Waals surface area contributed by atoms with Crippen molar-refractivity contribution in [2.45, 2.75) is 104 Å². The number of allylic oxidation sites excluding steroid dienone is 2. The van der Waals surface area contributed by atoms with E-state index in [0.717, 1.165) is 37.5 Å². The van der Waals surface area contributed by atoms with Crippen LogP contribution in [0.1, 0.15) is 86.0 Å². The number of aldehydes is 1. The van der Waals surface area contributed by atoms with Crippen molar-refractivity contribution < 1.29 is 19.4 Å². The van der Waals surface area contributed by atoms with Crippen LogP contribution in [0.3, 0.4) is 0 Å². The number of carbonyl (C=O) groups is 2. The number of aliphatic hydroxyl groups is 1. The number of Topliss-reactive ketones (excluding diaryl/α,β-unsaturated/α-hetero) is 1. The predicted octanol–water partition coefficient (Wildman–Crippen LogP) is 5.43. The van der Waals surface area contributed by atoms with Gasteiger partial charge in [-0.25, -0.2) is 0 Å². The fraction of sp³-hybridized carbons (Fsp3) is 0.786. The molecule has 3 fully saturated rings. The monoisotopic (exact) mass is 442 g/mol. The molecule has 2 saturated carbocycles. The highest BCUT2D eigenvalue weighted by Crippen LogP contribution is 2.65. The Bertz CT molecular complexity index is 827. The maximum absolute atomic E-state index is 13.9. The molecule has 0 aromatic heterocycles. The fourth-order valence-corrected chi connectivity index (χ4v) is 7.54. The third-order valence-electron chi connectivity index (χ3n) is 10.0. The summed E-state index contributed by atoms with van der Waals surface area (Å²) in [5.41, 5.74) is 0.939. The van der Waals surface area contributed by atoms with Gasteiger partial charge >= 0.3 is 0 Å². The van der Waals surface area contributed by atoms with Crippen LogP contribution in [0.25, 0.3) is 0 Å². The van der Waals surface area contributed by atoms with Gasteiger partial charge in [-0.3, -0.25) is 4.79 Å². The lowest BCUT2D eigenvalue weighted by atomic mass is 9.55. The van der Waals surface area contributed by atoms with Crippen molar-refractivity contribution in [3.63, 3.8) is 0 Å². The third-order valence-corrected chi connectivity index (χ3v) is 10.0. The highest BCUT2D eigenvalue weighted by molar-refractivity contribution is 6.03. The van der Waals surface area contributed by atoms with E-state index >= 15 is 0 Å². The van der Waals surface area contributed by atoms with Gasteiger partial charge in [0, 0.05) is 12.8 Å². The number of carbonyl (C=O) groups excluding carboxylic acids is 2. The van der Waals surface area contributed by atoms with E-state index in [2.05, 4.69) is 47.3 Å². The number of aliphatic hydroxyl groups excluding tert-OH is 1. The van der Waals surface area contributed by atoms with Gasteiger partial charge in [-0.15, -0.1) is 0 Å². The summed E-state index contributed by atoms with van der Waals surface area (Å²) < 4.78 is 6.16. The molecule has 3 aliphatic carbocycles. The minimum absolute atomic E-state index is 0.0681. The Morgan fingerprint density at radius 2 is 2.00 bits per heavy atom. The van der Waals surface area contributed by atoms with Crippen LogP contribution in [0.4, 0.5) is 0 Å². The Balaban J connectivity index is 1.59. The summed E-state index contributed by atoms with van der Waals surface area (Å²) in [6.45, 7) is 15.3. The maximum Gasteiger partial charge on any atom is 0.167 e. The molecule has 1 N–H and O–H groups in total. The quantitative estimate of drug-likeness (QED) is 0.309. The smallest absolute Gasteiger partial charge is 0.167 e. The first kappa shape index (κ1) is 23.9. The van der Waals surface area contributed by atoms with Gasteiger partial charge in [0.25, 0.3) is 0 Å². The van der Waals surface area contributed by atoms with Gasteiger partial charge in [0.1, 0.15) is 18.0 Å². The van der Waals surface area contributed by atoms with Crippen molar-refractivity contribution in [3.8, 4) is 0 Å². The maximum atomic E-state index is 13.9. The van der Waals surface area contributed by atoms with Crippen LogP contribution in [-0.4, -0.2) is 35.0 Å². The summed E-state index contributed by atoms with van der Waals surface area (Å²) in [5, 5.41) is 10.2. The van der Waals surface area contributed by atoms with E-state index in [0.29, 0.717) is 43.4 Å². The van der Waals surface area contributed by atoms with Crippen molar-refractivity contribution >= 4 is 12.1 Å². The molecule has 4 rings (SSSR count). The average molecular weight is 443 g/mol. The first-order valence-electron chi connectivity index (χ1n) is 12.7. The highest BCUT2D eigenvalue weighted by Gasteiger charge is 2.73. The molecule has 1 aliphatic heterocycles. The molecule has 1 saturated heterocycles. The summed E-state index contributed by atoms with van der Waals surface area (Å²) in [7, 11) is 0. The van der Waals surface area contributed by atoms with E-state index in [9.17, 15) is 14.7 Å². The second-order valence-corrected chi connectivity index (χ2v) is 12.0. The van der Waals surface area contributed by atoms with E-state index in [1.54, 1.807) is 0 Å². The van der Waals surface area contributed by atoms with Gasteiger partial charge < -0.3 is 14.6 Å². The first-order chi connectivity index (χ1) is 15.0. The van der Waals surface area contributed by atoms with Crippen LogP contribution in [0.15, 0.2) is 23.8 Å². The molecule has 8 atom stereocenters. The summed E-state index contributed by atoms with van der Waals surface area (Å²) in [5.74, 6) is 1.71. The summed E-state index contributed by atoms with van der Waals surface area (Å²) in [6.07, 6.45) is 9.19. The highest BCUT2D eigenvalue weighted by atomic mass is 16.6. The molecular weight excluding hydrogens is 400 g/mol. The fourth-order valence-electron chi connectivity index (χ4n) is 7.54. The van der Waals surface area contributed by atoms with E-state index in [1.807, 2.05) is 0 Å². The Labute approximate surface area is 193 Å². The number of hydrogen-bond donors (Lipinski definition) is 1. The normalized spacial score (nSPS) is 44.0. The Morgan fingerprint density at radius 3 is 2.66 bits per heavy atom. The number of hydrogen-bond acceptors (Lipinski definition) is 4. The van der Waals surface area contributed by atoms with E-state index in [4.69, 9.17) is 4.74 Å². The van der Waals surface area contributed by atoms with Gasteiger partial charge in [-0.2, -0.15) is 0 Å². The minimum Gasteiger partial charge on any atom is -0.393 e. The Morgan fingerprint density at radius 1 is 1.28 bits per heavy atom. The molecule has 0 amide bonds. The van der Waals surface area contributed by atoms with Gasteiger partial charge in [-0.1, -0.05) is 39.8 Å². The molecule has 4 aliphatic rings. The van der Waals surface area contributed by atoms with Crippen molar-refractivity contribution in [1.82, 2.24) is 0 Å². The molecule has 0 aromatic rings. The SMILES string of the molecule is C=C(CCC(C)C1CCC(C2=CC3OC34CC(O)CCC4(C)C2=O)C1(C)CC=O)C(C)C. The van der Waals surface area contributed by atoms with Crippen LogP contribution in [-0.2, 0) is 14.3 Å². The lowest BCUT2D eigenvalue weighted by Crippen LogP contribution is -2.53.